The van der Waals surface area contributed by atoms with Crippen LogP contribution in [0, 0.1) is 0 Å². The lowest BCUT2D eigenvalue weighted by Crippen LogP contribution is -2.23. The van der Waals surface area contributed by atoms with E-state index in [4.69, 9.17) is 0 Å². The molecule has 0 aliphatic carbocycles. The van der Waals surface area contributed by atoms with Crippen LogP contribution < -0.4 is 5.32 Å². The molecule has 1 N–H and O–H groups in total. The highest BCUT2D eigenvalue weighted by Crippen LogP contribution is 2.27. The zero-order chi connectivity index (χ0) is 12.3. The van der Waals surface area contributed by atoms with Crippen molar-refractivity contribution in [1.29, 1.82) is 0 Å². The summed E-state index contributed by atoms with van der Waals surface area (Å²) in [5.74, 6) is 1.11. The Balaban J connectivity index is 2.15. The van der Waals surface area contributed by atoms with Gasteiger partial charge in [-0.25, -0.2) is 4.98 Å². The summed E-state index contributed by atoms with van der Waals surface area (Å²) in [7, 11) is 2.04. The maximum Gasteiger partial charge on any atom is 0.110 e. The molecule has 0 aliphatic rings. The highest BCUT2D eigenvalue weighted by molar-refractivity contribution is 9.11. The standard InChI is InChI=1S/C12H16BrN3S/c1-3-14-10(9-6-11(13)17-8-9)7-12-15-4-5-16(12)2/h4-6,8,10,14H,3,7H2,1-2H3. The van der Waals surface area contributed by atoms with Crippen LogP contribution in [0.1, 0.15) is 24.4 Å². The van der Waals surface area contributed by atoms with E-state index in [1.807, 2.05) is 19.4 Å². The SMILES string of the molecule is CCNC(Cc1nccn1C)c1csc(Br)c1. The van der Waals surface area contributed by atoms with E-state index in [9.17, 15) is 0 Å². The molecule has 2 aromatic rings. The van der Waals surface area contributed by atoms with Crippen LogP contribution in [0.25, 0.3) is 0 Å². The molecule has 0 saturated carbocycles. The minimum Gasteiger partial charge on any atom is -0.338 e. The van der Waals surface area contributed by atoms with Gasteiger partial charge < -0.3 is 9.88 Å². The third kappa shape index (κ3) is 3.18. The van der Waals surface area contributed by atoms with Crippen molar-refractivity contribution < 1.29 is 0 Å². The zero-order valence-corrected chi connectivity index (χ0v) is 12.4. The van der Waals surface area contributed by atoms with Gasteiger partial charge in [-0.15, -0.1) is 11.3 Å². The van der Waals surface area contributed by atoms with Crippen LogP contribution in [0.4, 0.5) is 0 Å². The molecule has 5 heteroatoms. The second-order valence-electron chi connectivity index (χ2n) is 3.95. The molecule has 0 fully saturated rings. The van der Waals surface area contributed by atoms with Gasteiger partial charge in [0.15, 0.2) is 0 Å². The van der Waals surface area contributed by atoms with Crippen LogP contribution in [0.15, 0.2) is 27.6 Å². The van der Waals surface area contributed by atoms with Crippen molar-refractivity contribution in [2.45, 2.75) is 19.4 Å². The number of aromatic nitrogens is 2. The number of imidazole rings is 1. The van der Waals surface area contributed by atoms with E-state index in [1.165, 1.54) is 9.35 Å². The quantitative estimate of drug-likeness (QED) is 0.919. The van der Waals surface area contributed by atoms with Gasteiger partial charge in [-0.05, 0) is 39.5 Å². The van der Waals surface area contributed by atoms with Gasteiger partial charge in [-0.1, -0.05) is 6.92 Å². The van der Waals surface area contributed by atoms with Crippen LogP contribution in [0.5, 0.6) is 0 Å². The largest absolute Gasteiger partial charge is 0.338 e. The normalized spacial score (nSPS) is 12.9. The third-order valence-corrected chi connectivity index (χ3v) is 4.27. The zero-order valence-electron chi connectivity index (χ0n) is 9.98. The Labute approximate surface area is 114 Å². The van der Waals surface area contributed by atoms with Crippen molar-refractivity contribution in [2.75, 3.05) is 6.54 Å². The average Bonchev–Trinajstić information content (AvgIpc) is 2.88. The summed E-state index contributed by atoms with van der Waals surface area (Å²) in [6, 6.07) is 2.52. The highest BCUT2D eigenvalue weighted by atomic mass is 79.9. The fourth-order valence-corrected chi connectivity index (χ4v) is 3.07. The molecule has 2 aromatic heterocycles. The maximum atomic E-state index is 4.38. The topological polar surface area (TPSA) is 29.9 Å². The predicted octanol–water partition coefficient (Wildman–Crippen LogP) is 3.14. The molecule has 92 valence electrons. The Morgan fingerprint density at radius 3 is 2.94 bits per heavy atom. The Kier molecular flexibility index (Phi) is 4.36. The van der Waals surface area contributed by atoms with Gasteiger partial charge in [0.05, 0.1) is 3.79 Å². The molecule has 0 bridgehead atoms. The first-order chi connectivity index (χ1) is 8.20. The Morgan fingerprint density at radius 1 is 1.59 bits per heavy atom. The summed E-state index contributed by atoms with van der Waals surface area (Å²) in [6.07, 6.45) is 4.75. The lowest BCUT2D eigenvalue weighted by atomic mass is 10.1. The number of rotatable bonds is 5. The molecule has 2 rings (SSSR count). The minimum atomic E-state index is 0.337. The fraction of sp³-hybridized carbons (Fsp3) is 0.417. The van der Waals surface area contributed by atoms with Crippen LogP contribution >= 0.6 is 27.3 Å². The van der Waals surface area contributed by atoms with E-state index in [0.717, 1.165) is 18.8 Å². The number of aryl methyl sites for hydroxylation is 1. The van der Waals surface area contributed by atoms with E-state index in [2.05, 4.69) is 49.2 Å². The number of nitrogens with zero attached hydrogens (tertiary/aromatic N) is 2. The van der Waals surface area contributed by atoms with Crippen LogP contribution in [0.2, 0.25) is 0 Å². The van der Waals surface area contributed by atoms with Crippen molar-refractivity contribution >= 4 is 27.3 Å². The maximum absolute atomic E-state index is 4.38. The molecule has 1 atom stereocenters. The number of nitrogens with one attached hydrogen (secondary N) is 1. The van der Waals surface area contributed by atoms with E-state index in [-0.39, 0.29) is 0 Å². The van der Waals surface area contributed by atoms with Crippen molar-refractivity contribution in [3.8, 4) is 0 Å². The van der Waals surface area contributed by atoms with E-state index < -0.39 is 0 Å². The molecule has 17 heavy (non-hydrogen) atoms. The van der Waals surface area contributed by atoms with Crippen molar-refractivity contribution in [1.82, 2.24) is 14.9 Å². The molecule has 0 aliphatic heterocycles. The molecule has 0 aromatic carbocycles. The van der Waals surface area contributed by atoms with Crippen molar-refractivity contribution in [3.05, 3.63) is 39.0 Å². The van der Waals surface area contributed by atoms with Crippen LogP contribution in [-0.4, -0.2) is 16.1 Å². The fourth-order valence-electron chi connectivity index (χ4n) is 1.84. The highest BCUT2D eigenvalue weighted by Gasteiger charge is 2.14. The van der Waals surface area contributed by atoms with Crippen LogP contribution in [-0.2, 0) is 13.5 Å². The second-order valence-corrected chi connectivity index (χ2v) is 6.24. The molecular formula is C12H16BrN3S. The van der Waals surface area contributed by atoms with Crippen molar-refractivity contribution in [2.24, 2.45) is 7.05 Å². The van der Waals surface area contributed by atoms with Crippen LogP contribution in [0.3, 0.4) is 0 Å². The van der Waals surface area contributed by atoms with Gasteiger partial charge in [0.25, 0.3) is 0 Å². The van der Waals surface area contributed by atoms with Gasteiger partial charge in [0, 0.05) is 31.9 Å². The number of hydrogen-bond acceptors (Lipinski definition) is 3. The molecule has 3 nitrogen and oxygen atoms in total. The van der Waals surface area contributed by atoms with Gasteiger partial charge in [-0.2, -0.15) is 0 Å². The van der Waals surface area contributed by atoms with E-state index >= 15 is 0 Å². The van der Waals surface area contributed by atoms with E-state index in [1.54, 1.807) is 11.3 Å². The number of thiophene rings is 1. The summed E-state index contributed by atoms with van der Waals surface area (Å²) < 4.78 is 3.25. The minimum absolute atomic E-state index is 0.337. The Hall–Kier alpha value is -0.650. The van der Waals surface area contributed by atoms with Gasteiger partial charge in [-0.3, -0.25) is 0 Å². The molecule has 0 saturated heterocycles. The number of halogens is 1. The average molecular weight is 314 g/mol. The Morgan fingerprint density at radius 2 is 2.41 bits per heavy atom. The summed E-state index contributed by atoms with van der Waals surface area (Å²) in [5.41, 5.74) is 1.33. The molecule has 0 amide bonds. The van der Waals surface area contributed by atoms with Gasteiger partial charge in [0.2, 0.25) is 0 Å². The molecule has 0 radical (unpaired) electrons. The lowest BCUT2D eigenvalue weighted by Gasteiger charge is -2.16. The predicted molar refractivity (Wildman–Crippen MR) is 75.3 cm³/mol. The lowest BCUT2D eigenvalue weighted by molar-refractivity contribution is 0.530. The molecule has 2 heterocycles. The number of likely N-dealkylation sites (N-methyl/N-ethyl adjacent to an activating group) is 1. The van der Waals surface area contributed by atoms with E-state index in [0.29, 0.717) is 6.04 Å². The molecular weight excluding hydrogens is 298 g/mol. The second kappa shape index (κ2) is 5.80. The summed E-state index contributed by atoms with van der Waals surface area (Å²) in [4.78, 5) is 4.38. The monoisotopic (exact) mass is 313 g/mol. The smallest absolute Gasteiger partial charge is 0.110 e. The Bertz CT molecular complexity index is 478. The first-order valence-electron chi connectivity index (χ1n) is 5.64. The third-order valence-electron chi connectivity index (χ3n) is 2.75. The first kappa shape index (κ1) is 12.8. The van der Waals surface area contributed by atoms with Crippen molar-refractivity contribution in [3.63, 3.8) is 0 Å². The summed E-state index contributed by atoms with van der Waals surface area (Å²) in [5, 5.41) is 5.71. The first-order valence-corrected chi connectivity index (χ1v) is 7.31. The summed E-state index contributed by atoms with van der Waals surface area (Å²) >= 11 is 5.24. The van der Waals surface area contributed by atoms with Gasteiger partial charge in [0.1, 0.15) is 5.82 Å². The summed E-state index contributed by atoms with van der Waals surface area (Å²) in [6.45, 7) is 3.09. The number of hydrogen-bond donors (Lipinski definition) is 1. The molecule has 1 unspecified atom stereocenters. The van der Waals surface area contributed by atoms with Gasteiger partial charge >= 0.3 is 0 Å². The molecule has 0 spiro atoms.